The first kappa shape index (κ1) is 42.4. The number of phenols is 2. The number of benzene rings is 4. The Morgan fingerprint density at radius 3 is 2.60 bits per heavy atom. The molecule has 0 fully saturated rings. The molecule has 5 aliphatic rings. The number of aliphatic hydroxyl groups excluding tert-OH is 1. The van der Waals surface area contributed by atoms with Crippen LogP contribution < -0.4 is 40.7 Å². The first-order valence-electron chi connectivity index (χ1n) is 22.1. The molecule has 0 radical (unpaired) electrons. The molecule has 4 aromatic carbocycles. The molecule has 0 unspecified atom stereocenters. The van der Waals surface area contributed by atoms with Gasteiger partial charge >= 0.3 is 0 Å². The molecule has 6 atom stereocenters. The SMILES string of the molecule is CNCO[C@]1(CNCNC[C@@](C)(O)CC(C)C)Cc2c3c(c4c(c2O[C@@H]1c1ccc(O)c(OC)c1)CC[C@H](CO)O4)-c1ccc(O)c2c1[C@@H](C3)[C@@H](c1ccc3c(c1)=CCN=3)C=C2. The van der Waals surface area contributed by atoms with Crippen LogP contribution >= 0.6 is 0 Å². The van der Waals surface area contributed by atoms with Gasteiger partial charge in [0.15, 0.2) is 17.6 Å². The molecule has 3 heterocycles. The number of aliphatic hydroxyl groups is 2. The van der Waals surface area contributed by atoms with Gasteiger partial charge in [0.25, 0.3) is 0 Å². The highest BCUT2D eigenvalue weighted by atomic mass is 16.6. The van der Waals surface area contributed by atoms with Gasteiger partial charge < -0.3 is 50.0 Å². The van der Waals surface area contributed by atoms with Crippen LogP contribution in [0.5, 0.6) is 28.7 Å². The predicted molar refractivity (Wildman–Crippen MR) is 239 cm³/mol. The van der Waals surface area contributed by atoms with Gasteiger partial charge in [-0.05, 0) is 115 Å². The van der Waals surface area contributed by atoms with Gasteiger partial charge in [0.05, 0.1) is 38.0 Å². The first-order valence-corrected chi connectivity index (χ1v) is 22.1. The Labute approximate surface area is 363 Å². The number of rotatable bonds is 15. The number of aromatic hydroxyl groups is 2. The molecule has 12 nitrogen and oxygen atoms in total. The van der Waals surface area contributed by atoms with Crippen molar-refractivity contribution in [2.24, 2.45) is 10.9 Å². The van der Waals surface area contributed by atoms with Crippen LogP contribution in [-0.4, -0.2) is 91.5 Å². The van der Waals surface area contributed by atoms with Gasteiger partial charge in [-0.25, -0.2) is 0 Å². The molecule has 328 valence electrons. The Hall–Kier alpha value is -4.95. The van der Waals surface area contributed by atoms with Crippen LogP contribution in [0.2, 0.25) is 0 Å². The van der Waals surface area contributed by atoms with E-state index in [2.05, 4.69) is 71.2 Å². The lowest BCUT2D eigenvalue weighted by molar-refractivity contribution is -0.129. The normalized spacial score (nSPS) is 23.7. The highest BCUT2D eigenvalue weighted by molar-refractivity contribution is 5.89. The molecule has 4 aromatic rings. The maximum absolute atomic E-state index is 11.4. The fraction of sp³-hybridized carbons (Fsp3) is 0.460. The largest absolute Gasteiger partial charge is 0.507 e. The second-order valence-electron chi connectivity index (χ2n) is 18.4. The van der Waals surface area contributed by atoms with Crippen LogP contribution in [-0.2, 0) is 24.0 Å². The average Bonchev–Trinajstić information content (AvgIpc) is 3.74. The summed E-state index contributed by atoms with van der Waals surface area (Å²) in [6, 6.07) is 15.7. The summed E-state index contributed by atoms with van der Waals surface area (Å²) >= 11 is 0. The first-order chi connectivity index (χ1) is 29.9. The molecule has 3 aliphatic heterocycles. The third-order valence-corrected chi connectivity index (χ3v) is 13.4. The number of methoxy groups -OCH3 is 1. The second-order valence-corrected chi connectivity index (χ2v) is 18.4. The van der Waals surface area contributed by atoms with Gasteiger partial charge in [-0.2, -0.15) is 0 Å². The molecule has 0 spiro atoms. The van der Waals surface area contributed by atoms with Gasteiger partial charge in [0, 0.05) is 54.4 Å². The minimum atomic E-state index is -0.989. The van der Waals surface area contributed by atoms with Crippen molar-refractivity contribution in [3.8, 4) is 39.9 Å². The Kier molecular flexibility index (Phi) is 11.6. The number of hydrogen-bond donors (Lipinski definition) is 7. The zero-order chi connectivity index (χ0) is 43.3. The standard InChI is InChI=1S/C50H60N4O8/c1-28(2)21-49(3,58)24-52-26-53-25-50(60-27-51-4)22-39-38-20-37-33(29-6-13-40-30(18-29)16-17-54-40)10-11-34-41(56)15-12-35(44(34)37)45(38)47-36(9-8-32(23-55)61-47)46(39)62-48(50)31-7-14-42(57)43(19-31)59-5/h6-7,10-16,18-19,28,32-33,37,48,51-53,55-58H,8-9,17,20-27H2,1-5H3/t32-,33-,37+,48-,49+,50+/m1/s1. The molecule has 0 saturated carbocycles. The van der Waals surface area contributed by atoms with Crippen molar-refractivity contribution in [3.05, 3.63) is 104 Å². The molecular weight excluding hydrogens is 785 g/mol. The van der Waals surface area contributed by atoms with E-state index >= 15 is 0 Å². The van der Waals surface area contributed by atoms with Crippen molar-refractivity contribution < 1.29 is 39.4 Å². The van der Waals surface area contributed by atoms with Crippen LogP contribution in [0.1, 0.15) is 90.5 Å². The average molecular weight is 845 g/mol. The number of ether oxygens (including phenoxy) is 4. The Bertz CT molecular complexity index is 2520. The lowest BCUT2D eigenvalue weighted by Gasteiger charge is -2.48. The summed E-state index contributed by atoms with van der Waals surface area (Å²) < 4.78 is 26.9. The summed E-state index contributed by atoms with van der Waals surface area (Å²) in [5.41, 5.74) is 7.14. The van der Waals surface area contributed by atoms with Crippen molar-refractivity contribution >= 4 is 12.2 Å². The quantitative estimate of drug-likeness (QED) is 0.0646. The number of fused-ring (bicyclic) bond motifs is 8. The van der Waals surface area contributed by atoms with Gasteiger partial charge in [-0.3, -0.25) is 10.3 Å². The molecule has 12 heteroatoms. The molecule has 7 N–H and O–H groups in total. The van der Waals surface area contributed by atoms with Crippen molar-refractivity contribution in [1.29, 1.82) is 0 Å². The van der Waals surface area contributed by atoms with Crippen molar-refractivity contribution in [1.82, 2.24) is 16.0 Å². The third kappa shape index (κ3) is 7.64. The molecule has 62 heavy (non-hydrogen) atoms. The fourth-order valence-electron chi connectivity index (χ4n) is 10.8. The number of nitrogens with one attached hydrogen (secondary N) is 3. The van der Waals surface area contributed by atoms with E-state index in [1.807, 2.05) is 32.2 Å². The summed E-state index contributed by atoms with van der Waals surface area (Å²) in [6.45, 7) is 8.09. The molecule has 0 saturated heterocycles. The predicted octanol–water partition coefficient (Wildman–Crippen LogP) is 4.87. The Morgan fingerprint density at radius 1 is 0.984 bits per heavy atom. The molecule has 2 aliphatic carbocycles. The van der Waals surface area contributed by atoms with E-state index in [-0.39, 0.29) is 42.8 Å². The summed E-state index contributed by atoms with van der Waals surface area (Å²) in [7, 11) is 3.39. The van der Waals surface area contributed by atoms with E-state index in [0.717, 1.165) is 66.6 Å². The van der Waals surface area contributed by atoms with Crippen molar-refractivity contribution in [3.63, 3.8) is 0 Å². The van der Waals surface area contributed by atoms with E-state index in [0.29, 0.717) is 70.1 Å². The monoisotopic (exact) mass is 844 g/mol. The summed E-state index contributed by atoms with van der Waals surface area (Å²) in [6.07, 6.45) is 8.47. The third-order valence-electron chi connectivity index (χ3n) is 13.4. The van der Waals surface area contributed by atoms with Crippen molar-refractivity contribution in [2.75, 3.05) is 53.8 Å². The number of phenolic OH excluding ortho intramolecular Hbond substituents is 2. The molecule has 9 rings (SSSR count). The lowest BCUT2D eigenvalue weighted by atomic mass is 9.64. The molecule has 0 bridgehead atoms. The van der Waals surface area contributed by atoms with Gasteiger partial charge in [-0.15, -0.1) is 0 Å². The van der Waals surface area contributed by atoms with Crippen LogP contribution in [0.4, 0.5) is 0 Å². The minimum Gasteiger partial charge on any atom is -0.507 e. The van der Waals surface area contributed by atoms with E-state index in [9.17, 15) is 20.4 Å². The smallest absolute Gasteiger partial charge is 0.160 e. The molecular formula is C50H60N4O8. The zero-order valence-corrected chi connectivity index (χ0v) is 36.4. The van der Waals surface area contributed by atoms with Crippen molar-refractivity contribution in [2.45, 2.75) is 88.1 Å². The molecule has 0 amide bonds. The highest BCUT2D eigenvalue weighted by Crippen LogP contribution is 2.60. The van der Waals surface area contributed by atoms with Crippen LogP contribution in [0.3, 0.4) is 0 Å². The van der Waals surface area contributed by atoms with E-state index in [4.69, 9.17) is 18.9 Å². The zero-order valence-electron chi connectivity index (χ0n) is 36.4. The Morgan fingerprint density at radius 2 is 1.81 bits per heavy atom. The van der Waals surface area contributed by atoms with Gasteiger partial charge in [-0.1, -0.05) is 50.3 Å². The summed E-state index contributed by atoms with van der Waals surface area (Å²) in [5.74, 6) is 2.42. The van der Waals surface area contributed by atoms with Gasteiger partial charge in [0.1, 0.15) is 29.0 Å². The summed E-state index contributed by atoms with van der Waals surface area (Å²) in [5, 5.41) is 56.1. The number of nitrogens with zero attached hydrogens (tertiary/aromatic N) is 1. The van der Waals surface area contributed by atoms with E-state index in [1.54, 1.807) is 12.1 Å². The maximum Gasteiger partial charge on any atom is 0.160 e. The van der Waals surface area contributed by atoms with Crippen LogP contribution in [0.25, 0.3) is 23.3 Å². The van der Waals surface area contributed by atoms with Gasteiger partial charge in [0.2, 0.25) is 0 Å². The van der Waals surface area contributed by atoms with Crippen LogP contribution in [0, 0.1) is 5.92 Å². The highest BCUT2D eigenvalue weighted by Gasteiger charge is 2.51. The van der Waals surface area contributed by atoms with Crippen LogP contribution in [0.15, 0.2) is 59.6 Å². The van der Waals surface area contributed by atoms with E-state index < -0.39 is 17.3 Å². The second kappa shape index (κ2) is 17.0. The number of hydrogen-bond acceptors (Lipinski definition) is 12. The van der Waals surface area contributed by atoms with E-state index in [1.165, 1.54) is 12.7 Å². The maximum atomic E-state index is 11.4. The molecule has 0 aromatic heterocycles. The summed E-state index contributed by atoms with van der Waals surface area (Å²) in [4.78, 5) is 4.65. The Balaban J connectivity index is 1.20. The lowest BCUT2D eigenvalue weighted by Crippen LogP contribution is -2.56. The minimum absolute atomic E-state index is 0.0148. The topological polar surface area (TPSA) is 166 Å². The number of allylic oxidation sites excluding steroid dienone is 1. The fourth-order valence-corrected chi connectivity index (χ4v) is 10.8.